The van der Waals surface area contributed by atoms with E-state index in [0.717, 1.165) is 28.5 Å². The van der Waals surface area contributed by atoms with Crippen LogP contribution in [0.1, 0.15) is 41.4 Å². The molecule has 1 aromatic carbocycles. The summed E-state index contributed by atoms with van der Waals surface area (Å²) in [4.78, 5) is 27.4. The van der Waals surface area contributed by atoms with Crippen LogP contribution in [0.3, 0.4) is 0 Å². The first-order chi connectivity index (χ1) is 11.5. The number of carbonyl (C=O) groups is 2. The number of fused-ring (bicyclic) bond motifs is 1. The second kappa shape index (κ2) is 6.89. The molecule has 24 heavy (non-hydrogen) atoms. The predicted octanol–water partition coefficient (Wildman–Crippen LogP) is 3.91. The smallest absolute Gasteiger partial charge is 0.328 e. The van der Waals surface area contributed by atoms with Crippen molar-refractivity contribution in [1.29, 1.82) is 0 Å². The molecular weight excluding hydrogens is 329 g/mol. The zero-order valence-corrected chi connectivity index (χ0v) is 14.6. The van der Waals surface area contributed by atoms with Crippen LogP contribution < -0.4 is 0 Å². The lowest BCUT2D eigenvalue weighted by molar-refractivity contribution is -0.149. The molecule has 0 spiro atoms. The number of nitrogens with zero attached hydrogens (tertiary/aromatic N) is 1. The van der Waals surface area contributed by atoms with Gasteiger partial charge in [0.2, 0.25) is 0 Å². The second-order valence-electron chi connectivity index (χ2n) is 5.96. The van der Waals surface area contributed by atoms with Crippen molar-refractivity contribution >= 4 is 33.3 Å². The number of amides is 1. The summed E-state index contributed by atoms with van der Waals surface area (Å²) in [6, 6.07) is 4.02. The molecule has 0 aliphatic carbocycles. The molecule has 4 nitrogen and oxygen atoms in total. The Morgan fingerprint density at radius 1 is 1.38 bits per heavy atom. The number of ether oxygens (including phenoxy) is 1. The van der Waals surface area contributed by atoms with Gasteiger partial charge in [0.25, 0.3) is 5.91 Å². The summed E-state index contributed by atoms with van der Waals surface area (Å²) in [6.07, 6.45) is 2.41. The zero-order chi connectivity index (χ0) is 17.3. The van der Waals surface area contributed by atoms with Crippen LogP contribution in [-0.4, -0.2) is 36.0 Å². The van der Waals surface area contributed by atoms with Crippen molar-refractivity contribution < 1.29 is 18.7 Å². The third-order valence-corrected chi connectivity index (χ3v) is 5.68. The van der Waals surface area contributed by atoms with Gasteiger partial charge in [-0.2, -0.15) is 0 Å². The monoisotopic (exact) mass is 349 g/mol. The number of halogens is 1. The van der Waals surface area contributed by atoms with E-state index >= 15 is 0 Å². The highest BCUT2D eigenvalue weighted by Gasteiger charge is 2.35. The normalized spacial score (nSPS) is 18.0. The average Bonchev–Trinajstić information content (AvgIpc) is 2.91. The summed E-state index contributed by atoms with van der Waals surface area (Å²) in [6.45, 7) is 4.44. The summed E-state index contributed by atoms with van der Waals surface area (Å²) < 4.78 is 19.5. The number of aryl methyl sites for hydroxylation is 1. The number of rotatable bonds is 3. The van der Waals surface area contributed by atoms with Crippen LogP contribution in [0.5, 0.6) is 0 Å². The molecule has 1 aliphatic rings. The highest BCUT2D eigenvalue weighted by molar-refractivity contribution is 7.21. The fourth-order valence-corrected chi connectivity index (χ4v) is 4.33. The third kappa shape index (κ3) is 3.02. The molecule has 1 atom stereocenters. The van der Waals surface area contributed by atoms with Crippen molar-refractivity contribution in [3.63, 3.8) is 0 Å². The maximum Gasteiger partial charge on any atom is 0.328 e. The van der Waals surface area contributed by atoms with Crippen LogP contribution in [0, 0.1) is 12.7 Å². The number of piperidine rings is 1. The van der Waals surface area contributed by atoms with Gasteiger partial charge in [-0.25, -0.2) is 9.18 Å². The van der Waals surface area contributed by atoms with Crippen molar-refractivity contribution in [2.75, 3.05) is 13.2 Å². The molecule has 3 rings (SSSR count). The summed E-state index contributed by atoms with van der Waals surface area (Å²) in [7, 11) is 0. The van der Waals surface area contributed by atoms with E-state index in [0.29, 0.717) is 24.4 Å². The van der Waals surface area contributed by atoms with Gasteiger partial charge in [-0.05, 0) is 62.3 Å². The molecule has 1 aromatic heterocycles. The lowest BCUT2D eigenvalue weighted by Crippen LogP contribution is -2.48. The quantitative estimate of drug-likeness (QED) is 0.790. The fourth-order valence-electron chi connectivity index (χ4n) is 3.19. The maximum atomic E-state index is 13.5. The molecule has 1 fully saturated rings. The van der Waals surface area contributed by atoms with E-state index in [4.69, 9.17) is 4.74 Å². The molecule has 0 saturated carbocycles. The minimum Gasteiger partial charge on any atom is -0.464 e. The number of benzene rings is 1. The van der Waals surface area contributed by atoms with E-state index in [1.54, 1.807) is 17.9 Å². The van der Waals surface area contributed by atoms with Crippen molar-refractivity contribution in [2.45, 2.75) is 39.2 Å². The minimum atomic E-state index is -0.521. The van der Waals surface area contributed by atoms with Gasteiger partial charge in [-0.1, -0.05) is 0 Å². The Bertz CT molecular complexity index is 786. The Kier molecular flexibility index (Phi) is 4.85. The summed E-state index contributed by atoms with van der Waals surface area (Å²) in [5.74, 6) is -0.813. The molecule has 6 heteroatoms. The number of hydrogen-bond donors (Lipinski definition) is 0. The summed E-state index contributed by atoms with van der Waals surface area (Å²) in [5.41, 5.74) is 0.771. The molecular formula is C18H20FNO3S. The first-order valence-corrected chi connectivity index (χ1v) is 9.00. The topological polar surface area (TPSA) is 46.6 Å². The van der Waals surface area contributed by atoms with Gasteiger partial charge in [-0.3, -0.25) is 4.79 Å². The van der Waals surface area contributed by atoms with Gasteiger partial charge in [-0.15, -0.1) is 11.3 Å². The number of likely N-dealkylation sites (tertiary alicyclic amines) is 1. The van der Waals surface area contributed by atoms with Crippen LogP contribution in [0.4, 0.5) is 4.39 Å². The summed E-state index contributed by atoms with van der Waals surface area (Å²) >= 11 is 1.35. The van der Waals surface area contributed by atoms with Gasteiger partial charge in [0.15, 0.2) is 0 Å². The Balaban J connectivity index is 1.94. The molecule has 1 saturated heterocycles. The summed E-state index contributed by atoms with van der Waals surface area (Å²) in [5, 5.41) is 0.757. The van der Waals surface area contributed by atoms with Crippen molar-refractivity contribution in [3.05, 3.63) is 34.5 Å². The lowest BCUT2D eigenvalue weighted by atomic mass is 10.0. The highest BCUT2D eigenvalue weighted by Crippen LogP contribution is 2.33. The van der Waals surface area contributed by atoms with Crippen LogP contribution >= 0.6 is 11.3 Å². The number of thiophene rings is 1. The van der Waals surface area contributed by atoms with E-state index in [1.807, 2.05) is 6.92 Å². The van der Waals surface area contributed by atoms with E-state index in [2.05, 4.69) is 0 Å². The van der Waals surface area contributed by atoms with Crippen LogP contribution in [-0.2, 0) is 9.53 Å². The number of esters is 1. The third-order valence-electron chi connectivity index (χ3n) is 4.41. The Morgan fingerprint density at radius 2 is 2.17 bits per heavy atom. The minimum absolute atomic E-state index is 0.160. The highest BCUT2D eigenvalue weighted by atomic mass is 32.1. The SMILES string of the molecule is CCOC(=O)[C@H]1CCCCN1C(=O)c1sc2ccc(F)cc2c1C. The van der Waals surface area contributed by atoms with Gasteiger partial charge in [0.1, 0.15) is 11.9 Å². The Hall–Kier alpha value is -1.95. The molecule has 0 radical (unpaired) electrons. The van der Waals surface area contributed by atoms with E-state index in [1.165, 1.54) is 23.5 Å². The van der Waals surface area contributed by atoms with E-state index in [9.17, 15) is 14.0 Å². The molecule has 0 unspecified atom stereocenters. The maximum absolute atomic E-state index is 13.5. The van der Waals surface area contributed by atoms with Crippen molar-refractivity contribution in [1.82, 2.24) is 4.90 Å². The number of hydrogen-bond acceptors (Lipinski definition) is 4. The second-order valence-corrected chi connectivity index (χ2v) is 7.01. The fraction of sp³-hybridized carbons (Fsp3) is 0.444. The van der Waals surface area contributed by atoms with Gasteiger partial charge in [0, 0.05) is 11.2 Å². The Labute approximate surface area is 144 Å². The van der Waals surface area contributed by atoms with E-state index < -0.39 is 6.04 Å². The zero-order valence-electron chi connectivity index (χ0n) is 13.8. The van der Waals surface area contributed by atoms with Crippen LogP contribution in [0.25, 0.3) is 10.1 Å². The standard InChI is InChI=1S/C18H20FNO3S/c1-3-23-18(22)14-6-4-5-9-20(14)17(21)16-11(2)13-10-12(19)7-8-15(13)24-16/h7-8,10,14H,3-6,9H2,1-2H3/t14-/m1/s1. The van der Waals surface area contributed by atoms with Crippen molar-refractivity contribution in [3.8, 4) is 0 Å². The van der Waals surface area contributed by atoms with Gasteiger partial charge in [0.05, 0.1) is 11.5 Å². The first-order valence-electron chi connectivity index (χ1n) is 8.19. The Morgan fingerprint density at radius 3 is 2.92 bits per heavy atom. The predicted molar refractivity (Wildman–Crippen MR) is 91.8 cm³/mol. The van der Waals surface area contributed by atoms with Crippen LogP contribution in [0.2, 0.25) is 0 Å². The first kappa shape index (κ1) is 16.9. The molecule has 2 aromatic rings. The van der Waals surface area contributed by atoms with Gasteiger partial charge < -0.3 is 9.64 Å². The average molecular weight is 349 g/mol. The molecule has 0 bridgehead atoms. The molecule has 1 aliphatic heterocycles. The molecule has 128 valence electrons. The largest absolute Gasteiger partial charge is 0.464 e. The van der Waals surface area contributed by atoms with Gasteiger partial charge >= 0.3 is 5.97 Å². The lowest BCUT2D eigenvalue weighted by Gasteiger charge is -2.33. The molecule has 1 amide bonds. The van der Waals surface area contributed by atoms with E-state index in [-0.39, 0.29) is 17.7 Å². The van der Waals surface area contributed by atoms with Crippen molar-refractivity contribution in [2.24, 2.45) is 0 Å². The number of carbonyl (C=O) groups excluding carboxylic acids is 2. The molecule has 0 N–H and O–H groups in total. The molecule has 2 heterocycles. The van der Waals surface area contributed by atoms with Crippen LogP contribution in [0.15, 0.2) is 18.2 Å².